The maximum absolute atomic E-state index is 5.19. The number of aromatic nitrogens is 3. The SMILES string of the molecule is c1ccc(-c2nc3ccccc3nc2-c2ccc(N(c3ccccc3)c3ccc4c(c3)c3ccccc3n4-c3ccc4c(c3)C3(c5ccccc5-c5ccccc53)c3ccccc3-4)cc2)cc1. The van der Waals surface area contributed by atoms with E-state index in [1.54, 1.807) is 0 Å². The number of anilines is 3. The second kappa shape index (κ2) is 14.6. The van der Waals surface area contributed by atoms with E-state index in [1.807, 2.05) is 30.3 Å². The summed E-state index contributed by atoms with van der Waals surface area (Å²) in [5.41, 5.74) is 22.4. The van der Waals surface area contributed by atoms with Gasteiger partial charge in [0.2, 0.25) is 0 Å². The summed E-state index contributed by atoms with van der Waals surface area (Å²) in [7, 11) is 0. The normalized spacial score (nSPS) is 12.9. The predicted molar refractivity (Wildman–Crippen MR) is 276 cm³/mol. The third-order valence-corrected chi connectivity index (χ3v) is 14.2. The second-order valence-corrected chi connectivity index (χ2v) is 17.7. The lowest BCUT2D eigenvalue weighted by Gasteiger charge is -2.30. The molecular weight excluding hydrogens is 813 g/mol. The minimum atomic E-state index is -0.420. The Bertz CT molecular complexity index is 3860. The number of benzene rings is 10. The quantitative estimate of drug-likeness (QED) is 0.167. The summed E-state index contributed by atoms with van der Waals surface area (Å²) < 4.78 is 2.47. The van der Waals surface area contributed by atoms with Crippen LogP contribution in [0.25, 0.3) is 83.3 Å². The average molecular weight is 853 g/mol. The monoisotopic (exact) mass is 852 g/mol. The molecule has 1 spiro atoms. The van der Waals surface area contributed by atoms with Gasteiger partial charge in [-0.25, -0.2) is 9.97 Å². The van der Waals surface area contributed by atoms with Gasteiger partial charge in [-0.15, -0.1) is 0 Å². The van der Waals surface area contributed by atoms with Gasteiger partial charge in [-0.2, -0.15) is 0 Å². The van der Waals surface area contributed by atoms with Crippen LogP contribution in [-0.2, 0) is 5.41 Å². The first-order valence-electron chi connectivity index (χ1n) is 23.0. The zero-order valence-corrected chi connectivity index (χ0v) is 36.4. The zero-order chi connectivity index (χ0) is 44.1. The Kier molecular flexibility index (Phi) is 8.16. The zero-order valence-electron chi connectivity index (χ0n) is 36.4. The van der Waals surface area contributed by atoms with Gasteiger partial charge in [0.25, 0.3) is 0 Å². The Morgan fingerprint density at radius 3 is 1.45 bits per heavy atom. The Labute approximate surface area is 388 Å². The van der Waals surface area contributed by atoms with Gasteiger partial charge in [-0.3, -0.25) is 0 Å². The summed E-state index contributed by atoms with van der Waals surface area (Å²) in [6.07, 6.45) is 0. The van der Waals surface area contributed by atoms with Gasteiger partial charge in [0, 0.05) is 44.6 Å². The fourth-order valence-corrected chi connectivity index (χ4v) is 11.4. The molecule has 4 heteroatoms. The molecule has 0 saturated heterocycles. The number of fused-ring (bicyclic) bond motifs is 14. The molecule has 10 aromatic carbocycles. The molecule has 2 aliphatic carbocycles. The van der Waals surface area contributed by atoms with Crippen molar-refractivity contribution in [2.24, 2.45) is 0 Å². The third kappa shape index (κ3) is 5.47. The standard InChI is InChI=1S/C63H40N4/c1-3-17-41(18-4-1)61-62(65-58-29-15-14-28-57(58)64-61)42-31-33-44(34-32-42)66(43-19-5-2-6-20-43)45-36-38-60-52(39-45)51-24-10-16-30-59(51)67(60)46-35-37-50-49-23-9-13-27-55(49)63(56(50)40-46)53-25-11-7-21-47(53)48-22-8-12-26-54(48)63/h1-40H. The van der Waals surface area contributed by atoms with Crippen molar-refractivity contribution >= 4 is 49.9 Å². The van der Waals surface area contributed by atoms with Gasteiger partial charge < -0.3 is 9.47 Å². The summed E-state index contributed by atoms with van der Waals surface area (Å²) in [5, 5.41) is 2.40. The summed E-state index contributed by atoms with van der Waals surface area (Å²) >= 11 is 0. The predicted octanol–water partition coefficient (Wildman–Crippen LogP) is 15.9. The third-order valence-electron chi connectivity index (χ3n) is 14.2. The molecule has 0 atom stereocenters. The smallest absolute Gasteiger partial charge is 0.0973 e. The molecule has 2 aromatic heterocycles. The molecule has 0 amide bonds. The van der Waals surface area contributed by atoms with Crippen LogP contribution in [0.3, 0.4) is 0 Å². The molecule has 2 aliphatic rings. The molecule has 312 valence electrons. The highest BCUT2D eigenvalue weighted by Gasteiger charge is 2.51. The first kappa shape index (κ1) is 37.5. The van der Waals surface area contributed by atoms with E-state index in [0.717, 1.165) is 61.8 Å². The van der Waals surface area contributed by atoms with Crippen molar-refractivity contribution < 1.29 is 0 Å². The Morgan fingerprint density at radius 1 is 0.328 bits per heavy atom. The van der Waals surface area contributed by atoms with Crippen LogP contribution < -0.4 is 4.90 Å². The molecule has 0 bridgehead atoms. The lowest BCUT2D eigenvalue weighted by Crippen LogP contribution is -2.26. The van der Waals surface area contributed by atoms with Crippen molar-refractivity contribution in [3.8, 4) is 50.5 Å². The number of hydrogen-bond acceptors (Lipinski definition) is 3. The van der Waals surface area contributed by atoms with E-state index in [0.29, 0.717) is 0 Å². The van der Waals surface area contributed by atoms with Gasteiger partial charge in [0.1, 0.15) is 0 Å². The molecule has 0 fully saturated rings. The molecule has 0 unspecified atom stereocenters. The minimum Gasteiger partial charge on any atom is -0.310 e. The fraction of sp³-hybridized carbons (Fsp3) is 0.0159. The molecule has 4 nitrogen and oxygen atoms in total. The van der Waals surface area contributed by atoms with Gasteiger partial charge in [-0.1, -0.05) is 170 Å². The molecule has 0 saturated carbocycles. The molecule has 0 aliphatic heterocycles. The van der Waals surface area contributed by atoms with Crippen molar-refractivity contribution in [1.29, 1.82) is 0 Å². The topological polar surface area (TPSA) is 34.0 Å². The highest BCUT2D eigenvalue weighted by atomic mass is 15.1. The van der Waals surface area contributed by atoms with E-state index < -0.39 is 5.41 Å². The van der Waals surface area contributed by atoms with Gasteiger partial charge in [0.15, 0.2) is 0 Å². The van der Waals surface area contributed by atoms with Crippen LogP contribution in [0, 0.1) is 0 Å². The molecule has 67 heavy (non-hydrogen) atoms. The molecule has 2 heterocycles. The van der Waals surface area contributed by atoms with Gasteiger partial charge in [-0.05, 0) is 117 Å². The highest BCUT2D eigenvalue weighted by molar-refractivity contribution is 6.11. The largest absolute Gasteiger partial charge is 0.310 e. The average Bonchev–Trinajstić information content (AvgIpc) is 4.00. The second-order valence-electron chi connectivity index (χ2n) is 17.7. The Hall–Kier alpha value is -8.86. The van der Waals surface area contributed by atoms with E-state index in [-0.39, 0.29) is 0 Å². The lowest BCUT2D eigenvalue weighted by atomic mass is 9.70. The summed E-state index contributed by atoms with van der Waals surface area (Å²) in [5.74, 6) is 0. The molecule has 12 aromatic rings. The first-order valence-corrected chi connectivity index (χ1v) is 23.0. The van der Waals surface area contributed by atoms with E-state index in [1.165, 1.54) is 60.8 Å². The van der Waals surface area contributed by atoms with Crippen molar-refractivity contribution in [2.75, 3.05) is 4.90 Å². The van der Waals surface area contributed by atoms with Crippen LogP contribution in [0.4, 0.5) is 17.1 Å². The molecule has 0 N–H and O–H groups in total. The van der Waals surface area contributed by atoms with Crippen LogP contribution in [0.1, 0.15) is 22.3 Å². The van der Waals surface area contributed by atoms with Gasteiger partial charge >= 0.3 is 0 Å². The molecule has 0 radical (unpaired) electrons. The van der Waals surface area contributed by atoms with Gasteiger partial charge in [0.05, 0.1) is 38.9 Å². The lowest BCUT2D eigenvalue weighted by molar-refractivity contribution is 0.792. The maximum atomic E-state index is 5.19. The Morgan fingerprint density at radius 2 is 0.806 bits per heavy atom. The maximum Gasteiger partial charge on any atom is 0.0973 e. The summed E-state index contributed by atoms with van der Waals surface area (Å²) in [6, 6.07) is 88.0. The highest BCUT2D eigenvalue weighted by Crippen LogP contribution is 2.63. The van der Waals surface area contributed by atoms with Crippen molar-refractivity contribution in [1.82, 2.24) is 14.5 Å². The first-order chi connectivity index (χ1) is 33.2. The number of hydrogen-bond donors (Lipinski definition) is 0. The summed E-state index contributed by atoms with van der Waals surface area (Å²) in [4.78, 5) is 12.7. The van der Waals surface area contributed by atoms with Crippen LogP contribution in [0.15, 0.2) is 243 Å². The number of rotatable bonds is 6. The Balaban J connectivity index is 0.924. The van der Waals surface area contributed by atoms with E-state index in [4.69, 9.17) is 9.97 Å². The van der Waals surface area contributed by atoms with Crippen molar-refractivity contribution in [3.63, 3.8) is 0 Å². The van der Waals surface area contributed by atoms with Crippen LogP contribution >= 0.6 is 0 Å². The van der Waals surface area contributed by atoms with Crippen LogP contribution in [0.5, 0.6) is 0 Å². The molecule has 14 rings (SSSR count). The number of nitrogens with zero attached hydrogens (tertiary/aromatic N) is 4. The van der Waals surface area contributed by atoms with Crippen LogP contribution in [-0.4, -0.2) is 14.5 Å². The van der Waals surface area contributed by atoms with Crippen molar-refractivity contribution in [3.05, 3.63) is 265 Å². The van der Waals surface area contributed by atoms with Crippen molar-refractivity contribution in [2.45, 2.75) is 5.41 Å². The molecular formula is C63H40N4. The van der Waals surface area contributed by atoms with E-state index >= 15 is 0 Å². The van der Waals surface area contributed by atoms with E-state index in [9.17, 15) is 0 Å². The number of para-hydroxylation sites is 4. The summed E-state index contributed by atoms with van der Waals surface area (Å²) in [6.45, 7) is 0. The fourth-order valence-electron chi connectivity index (χ4n) is 11.4. The minimum absolute atomic E-state index is 0.420. The van der Waals surface area contributed by atoms with Crippen LogP contribution in [0.2, 0.25) is 0 Å². The van der Waals surface area contributed by atoms with E-state index in [2.05, 4.69) is 222 Å².